The quantitative estimate of drug-likeness (QED) is 0.837. The van der Waals surface area contributed by atoms with Crippen LogP contribution in [0, 0.1) is 0 Å². The maximum Gasteiger partial charge on any atom is 0.226 e. The molecule has 146 valence electrons. The van der Waals surface area contributed by atoms with Gasteiger partial charge in [0.05, 0.1) is 23.1 Å². The first kappa shape index (κ1) is 19.8. The molecule has 3 rings (SSSR count). The van der Waals surface area contributed by atoms with Crippen molar-refractivity contribution in [3.63, 3.8) is 0 Å². The fourth-order valence-electron chi connectivity index (χ4n) is 3.21. The third-order valence-electron chi connectivity index (χ3n) is 4.73. The molecule has 1 aliphatic rings. The Labute approximate surface area is 164 Å². The molecule has 0 aromatic heterocycles. The Bertz CT molecular complexity index is 1030. The van der Waals surface area contributed by atoms with Crippen LogP contribution in [0.4, 0.5) is 5.69 Å². The van der Waals surface area contributed by atoms with Crippen molar-refractivity contribution in [2.24, 2.45) is 0 Å². The van der Waals surface area contributed by atoms with E-state index in [0.717, 1.165) is 11.1 Å². The lowest BCUT2D eigenvalue weighted by Crippen LogP contribution is -2.33. The van der Waals surface area contributed by atoms with E-state index in [1.54, 1.807) is 30.2 Å². The van der Waals surface area contributed by atoms with Crippen LogP contribution in [0.25, 0.3) is 6.08 Å². The molecule has 0 spiro atoms. The molecule has 2 amide bonds. The standard InChI is InChI=1S/C21H22N2O4S/c1-3-28(26,27)18-10-8-17(9-11-18)22-21(25)14-20-19-7-5-4-6-16(19)12-13-23(20)15(2)24/h4-13,20H,3,14H2,1-2H3,(H,22,25)/t20-/m1/s1. The zero-order valence-electron chi connectivity index (χ0n) is 15.8. The molecule has 2 aromatic carbocycles. The topological polar surface area (TPSA) is 83.6 Å². The predicted molar refractivity (Wildman–Crippen MR) is 108 cm³/mol. The van der Waals surface area contributed by atoms with Crippen LogP contribution < -0.4 is 5.32 Å². The minimum Gasteiger partial charge on any atom is -0.326 e. The Morgan fingerprint density at radius 1 is 1.07 bits per heavy atom. The highest BCUT2D eigenvalue weighted by Crippen LogP contribution is 2.33. The Morgan fingerprint density at radius 2 is 1.75 bits per heavy atom. The van der Waals surface area contributed by atoms with E-state index < -0.39 is 15.9 Å². The molecule has 0 bridgehead atoms. The number of amides is 2. The third kappa shape index (κ3) is 4.14. The van der Waals surface area contributed by atoms with Crippen LogP contribution in [-0.2, 0) is 19.4 Å². The first-order valence-electron chi connectivity index (χ1n) is 9.00. The van der Waals surface area contributed by atoms with Gasteiger partial charge in [-0.15, -0.1) is 0 Å². The number of fused-ring (bicyclic) bond motifs is 1. The third-order valence-corrected chi connectivity index (χ3v) is 6.48. The maximum absolute atomic E-state index is 12.6. The molecule has 28 heavy (non-hydrogen) atoms. The van der Waals surface area contributed by atoms with Gasteiger partial charge in [0, 0.05) is 18.8 Å². The average molecular weight is 398 g/mol. The molecule has 1 aliphatic heterocycles. The molecule has 0 fully saturated rings. The van der Waals surface area contributed by atoms with Crippen LogP contribution in [0.5, 0.6) is 0 Å². The normalized spacial score (nSPS) is 15.8. The molecule has 1 atom stereocenters. The summed E-state index contributed by atoms with van der Waals surface area (Å²) in [5.41, 5.74) is 2.40. The summed E-state index contributed by atoms with van der Waals surface area (Å²) in [6.45, 7) is 3.05. The van der Waals surface area contributed by atoms with Crippen molar-refractivity contribution >= 4 is 33.4 Å². The van der Waals surface area contributed by atoms with Gasteiger partial charge in [0.25, 0.3) is 0 Å². The van der Waals surface area contributed by atoms with Gasteiger partial charge in [0.2, 0.25) is 11.8 Å². The van der Waals surface area contributed by atoms with Crippen LogP contribution in [0.1, 0.15) is 37.4 Å². The highest BCUT2D eigenvalue weighted by molar-refractivity contribution is 7.91. The summed E-state index contributed by atoms with van der Waals surface area (Å²) in [5, 5.41) is 2.78. The van der Waals surface area contributed by atoms with E-state index in [1.807, 2.05) is 30.3 Å². The molecule has 1 heterocycles. The lowest BCUT2D eigenvalue weighted by Gasteiger charge is -2.32. The van der Waals surface area contributed by atoms with E-state index in [2.05, 4.69) is 5.32 Å². The molecule has 0 saturated heterocycles. The van der Waals surface area contributed by atoms with E-state index in [0.29, 0.717) is 5.69 Å². The number of anilines is 1. The highest BCUT2D eigenvalue weighted by atomic mass is 32.2. The highest BCUT2D eigenvalue weighted by Gasteiger charge is 2.28. The van der Waals surface area contributed by atoms with Gasteiger partial charge in [-0.2, -0.15) is 0 Å². The zero-order valence-corrected chi connectivity index (χ0v) is 16.6. The lowest BCUT2D eigenvalue weighted by atomic mass is 9.93. The minimum absolute atomic E-state index is 0.0220. The van der Waals surface area contributed by atoms with Crippen LogP contribution in [-0.4, -0.2) is 30.9 Å². The largest absolute Gasteiger partial charge is 0.326 e. The molecule has 2 aromatic rings. The number of nitrogens with one attached hydrogen (secondary N) is 1. The van der Waals surface area contributed by atoms with E-state index in [-0.39, 0.29) is 28.9 Å². The van der Waals surface area contributed by atoms with Gasteiger partial charge in [-0.1, -0.05) is 31.2 Å². The molecule has 7 heteroatoms. The number of benzene rings is 2. The van der Waals surface area contributed by atoms with E-state index >= 15 is 0 Å². The van der Waals surface area contributed by atoms with E-state index in [4.69, 9.17) is 0 Å². The number of hydrogen-bond donors (Lipinski definition) is 1. The van der Waals surface area contributed by atoms with Crippen molar-refractivity contribution in [3.05, 3.63) is 65.9 Å². The lowest BCUT2D eigenvalue weighted by molar-refractivity contribution is -0.129. The smallest absolute Gasteiger partial charge is 0.226 e. The second-order valence-electron chi connectivity index (χ2n) is 6.57. The SMILES string of the molecule is CCS(=O)(=O)c1ccc(NC(=O)C[C@@H]2c3ccccc3C=CN2C(C)=O)cc1. The molecular weight excluding hydrogens is 376 g/mol. The summed E-state index contributed by atoms with van der Waals surface area (Å²) in [7, 11) is -3.28. The first-order chi connectivity index (χ1) is 13.3. The van der Waals surface area contributed by atoms with Gasteiger partial charge >= 0.3 is 0 Å². The first-order valence-corrected chi connectivity index (χ1v) is 10.7. The molecule has 1 N–H and O–H groups in total. The van der Waals surface area contributed by atoms with Crippen molar-refractivity contribution in [3.8, 4) is 0 Å². The summed E-state index contributed by atoms with van der Waals surface area (Å²) in [6.07, 6.45) is 3.65. The minimum atomic E-state index is -3.28. The molecular formula is C21H22N2O4S. The second kappa shape index (κ2) is 7.98. The molecule has 0 radical (unpaired) electrons. The van der Waals surface area contributed by atoms with Crippen molar-refractivity contribution < 1.29 is 18.0 Å². The summed E-state index contributed by atoms with van der Waals surface area (Å²) in [4.78, 5) is 26.4. The van der Waals surface area contributed by atoms with Gasteiger partial charge in [0.15, 0.2) is 9.84 Å². The van der Waals surface area contributed by atoms with Crippen molar-refractivity contribution in [1.82, 2.24) is 4.90 Å². The zero-order chi connectivity index (χ0) is 20.3. The number of carbonyl (C=O) groups excluding carboxylic acids is 2. The Hall–Kier alpha value is -2.93. The van der Waals surface area contributed by atoms with Gasteiger partial charge in [0.1, 0.15) is 0 Å². The monoisotopic (exact) mass is 398 g/mol. The van der Waals surface area contributed by atoms with Crippen LogP contribution in [0.3, 0.4) is 0 Å². The Balaban J connectivity index is 1.76. The Kier molecular flexibility index (Phi) is 5.65. The average Bonchev–Trinajstić information content (AvgIpc) is 2.68. The summed E-state index contributed by atoms with van der Waals surface area (Å²) < 4.78 is 23.8. The van der Waals surface area contributed by atoms with Gasteiger partial charge < -0.3 is 10.2 Å². The molecule has 0 saturated carbocycles. The predicted octanol–water partition coefficient (Wildman–Crippen LogP) is 3.38. The van der Waals surface area contributed by atoms with Gasteiger partial charge in [-0.25, -0.2) is 8.42 Å². The van der Waals surface area contributed by atoms with Crippen LogP contribution >= 0.6 is 0 Å². The fourth-order valence-corrected chi connectivity index (χ4v) is 4.10. The van der Waals surface area contributed by atoms with E-state index in [9.17, 15) is 18.0 Å². The summed E-state index contributed by atoms with van der Waals surface area (Å²) in [5.74, 6) is -0.376. The van der Waals surface area contributed by atoms with Crippen molar-refractivity contribution in [2.45, 2.75) is 31.2 Å². The fraction of sp³-hybridized carbons (Fsp3) is 0.238. The number of hydrogen-bond acceptors (Lipinski definition) is 4. The Morgan fingerprint density at radius 3 is 2.39 bits per heavy atom. The van der Waals surface area contributed by atoms with E-state index in [1.165, 1.54) is 19.1 Å². The van der Waals surface area contributed by atoms with Crippen molar-refractivity contribution in [1.29, 1.82) is 0 Å². The molecule has 6 nitrogen and oxygen atoms in total. The summed E-state index contributed by atoms with van der Waals surface area (Å²) >= 11 is 0. The molecule has 0 unspecified atom stereocenters. The van der Waals surface area contributed by atoms with Gasteiger partial charge in [-0.05, 0) is 41.5 Å². The number of nitrogens with zero attached hydrogens (tertiary/aromatic N) is 1. The summed E-state index contributed by atoms with van der Waals surface area (Å²) in [6, 6.07) is 13.4. The van der Waals surface area contributed by atoms with Crippen LogP contribution in [0.2, 0.25) is 0 Å². The van der Waals surface area contributed by atoms with Gasteiger partial charge in [-0.3, -0.25) is 9.59 Å². The molecule has 0 aliphatic carbocycles. The van der Waals surface area contributed by atoms with Crippen LogP contribution in [0.15, 0.2) is 59.6 Å². The second-order valence-corrected chi connectivity index (χ2v) is 8.85. The number of carbonyl (C=O) groups is 2. The van der Waals surface area contributed by atoms with Crippen molar-refractivity contribution in [2.75, 3.05) is 11.1 Å². The maximum atomic E-state index is 12.6. The number of sulfone groups is 1. The number of rotatable bonds is 5.